The van der Waals surface area contributed by atoms with Gasteiger partial charge in [0.2, 0.25) is 5.91 Å². The minimum Gasteiger partial charge on any atom is -0.356 e. The third-order valence-electron chi connectivity index (χ3n) is 5.69. The predicted molar refractivity (Wildman–Crippen MR) is 97.7 cm³/mol. The SMILES string of the molecule is CCCNC(=O)[C@@]1(Cc2cscn2)C[C@H]2CC[C@@H]1N2C(=O)c1cn[nH]c1. The monoisotopic (exact) mass is 373 g/mol. The molecule has 26 heavy (non-hydrogen) atoms. The van der Waals surface area contributed by atoms with E-state index in [1.54, 1.807) is 29.2 Å². The van der Waals surface area contributed by atoms with Crippen LogP contribution in [0.1, 0.15) is 48.7 Å². The van der Waals surface area contributed by atoms with E-state index in [2.05, 4.69) is 20.5 Å². The second kappa shape index (κ2) is 6.83. The van der Waals surface area contributed by atoms with Crippen LogP contribution in [0, 0.1) is 5.41 Å². The molecule has 138 valence electrons. The summed E-state index contributed by atoms with van der Waals surface area (Å²) in [5.74, 6) is 0.0271. The molecule has 0 unspecified atom stereocenters. The summed E-state index contributed by atoms with van der Waals surface area (Å²) in [5, 5.41) is 11.7. The number of fused-ring (bicyclic) bond motifs is 2. The zero-order valence-corrected chi connectivity index (χ0v) is 15.6. The lowest BCUT2D eigenvalue weighted by Gasteiger charge is -2.35. The first-order chi connectivity index (χ1) is 12.7. The molecule has 8 heteroatoms. The van der Waals surface area contributed by atoms with Gasteiger partial charge < -0.3 is 10.2 Å². The molecule has 2 fully saturated rings. The maximum absolute atomic E-state index is 13.2. The highest BCUT2D eigenvalue weighted by Crippen LogP contribution is 2.52. The van der Waals surface area contributed by atoms with Gasteiger partial charge in [0.1, 0.15) is 0 Å². The number of hydrogen-bond acceptors (Lipinski definition) is 5. The van der Waals surface area contributed by atoms with Crippen molar-refractivity contribution in [1.82, 2.24) is 25.4 Å². The molecule has 0 aliphatic carbocycles. The number of carbonyl (C=O) groups excluding carboxylic acids is 2. The fourth-order valence-corrected chi connectivity index (χ4v) is 5.14. The molecule has 2 aromatic heterocycles. The molecule has 2 aromatic rings. The van der Waals surface area contributed by atoms with Crippen molar-refractivity contribution in [3.63, 3.8) is 0 Å². The summed E-state index contributed by atoms with van der Waals surface area (Å²) in [6.07, 6.45) is 7.17. The van der Waals surface area contributed by atoms with Crippen LogP contribution in [0.5, 0.6) is 0 Å². The highest BCUT2D eigenvalue weighted by molar-refractivity contribution is 7.07. The number of thiazole rings is 1. The number of aromatic amines is 1. The lowest BCUT2D eigenvalue weighted by molar-refractivity contribution is -0.132. The number of hydrogen-bond donors (Lipinski definition) is 2. The molecule has 2 aliphatic rings. The van der Waals surface area contributed by atoms with Crippen molar-refractivity contribution in [2.24, 2.45) is 5.41 Å². The highest BCUT2D eigenvalue weighted by atomic mass is 32.1. The van der Waals surface area contributed by atoms with Crippen LogP contribution in [-0.4, -0.2) is 50.5 Å². The van der Waals surface area contributed by atoms with Gasteiger partial charge in [-0.05, 0) is 25.7 Å². The molecule has 0 radical (unpaired) electrons. The van der Waals surface area contributed by atoms with Crippen LogP contribution in [0.15, 0.2) is 23.3 Å². The molecule has 0 saturated carbocycles. The van der Waals surface area contributed by atoms with E-state index >= 15 is 0 Å². The smallest absolute Gasteiger partial charge is 0.257 e. The summed E-state index contributed by atoms with van der Waals surface area (Å²) in [7, 11) is 0. The van der Waals surface area contributed by atoms with Gasteiger partial charge >= 0.3 is 0 Å². The molecule has 0 spiro atoms. The van der Waals surface area contributed by atoms with Crippen LogP contribution in [0.3, 0.4) is 0 Å². The first kappa shape index (κ1) is 17.2. The van der Waals surface area contributed by atoms with Crippen molar-refractivity contribution in [2.45, 2.75) is 51.1 Å². The van der Waals surface area contributed by atoms with Gasteiger partial charge in [0, 0.05) is 36.6 Å². The van der Waals surface area contributed by atoms with E-state index in [-0.39, 0.29) is 23.9 Å². The average molecular weight is 373 g/mol. The maximum Gasteiger partial charge on any atom is 0.257 e. The summed E-state index contributed by atoms with van der Waals surface area (Å²) >= 11 is 1.54. The molecule has 2 amide bonds. The van der Waals surface area contributed by atoms with E-state index in [4.69, 9.17) is 0 Å². The minimum absolute atomic E-state index is 0.0327. The molecule has 3 atom stereocenters. The van der Waals surface area contributed by atoms with Crippen LogP contribution in [0.25, 0.3) is 0 Å². The third kappa shape index (κ3) is 2.72. The molecule has 4 rings (SSSR count). The van der Waals surface area contributed by atoms with Gasteiger partial charge in [-0.25, -0.2) is 4.98 Å². The first-order valence-electron chi connectivity index (χ1n) is 9.12. The topological polar surface area (TPSA) is 91.0 Å². The fourth-order valence-electron chi connectivity index (χ4n) is 4.58. The quantitative estimate of drug-likeness (QED) is 0.810. The number of rotatable bonds is 6. The van der Waals surface area contributed by atoms with Gasteiger partial charge in [0.15, 0.2) is 0 Å². The summed E-state index contributed by atoms with van der Waals surface area (Å²) < 4.78 is 0. The minimum atomic E-state index is -0.592. The number of nitrogens with one attached hydrogen (secondary N) is 2. The van der Waals surface area contributed by atoms with Crippen LogP contribution in [0.4, 0.5) is 0 Å². The van der Waals surface area contributed by atoms with Crippen molar-refractivity contribution in [3.05, 3.63) is 34.5 Å². The Kier molecular flexibility index (Phi) is 4.52. The number of H-pyrrole nitrogens is 1. The molecule has 2 aliphatic heterocycles. The van der Waals surface area contributed by atoms with Crippen LogP contribution in [-0.2, 0) is 11.2 Å². The molecular weight excluding hydrogens is 350 g/mol. The Morgan fingerprint density at radius 3 is 3.04 bits per heavy atom. The number of aromatic nitrogens is 3. The standard InChI is InChI=1S/C18H23N5O2S/c1-2-5-19-17(25)18(6-13-10-26-11-20-13)7-14-3-4-15(18)23(14)16(24)12-8-21-22-9-12/h8-11,14-15H,2-7H2,1H3,(H,19,25)(H,21,22)/t14-,15+,18+/m1/s1. The highest BCUT2D eigenvalue weighted by Gasteiger charge is 2.61. The van der Waals surface area contributed by atoms with Crippen LogP contribution in [0.2, 0.25) is 0 Å². The molecule has 7 nitrogen and oxygen atoms in total. The third-order valence-corrected chi connectivity index (χ3v) is 6.32. The summed E-state index contributed by atoms with van der Waals surface area (Å²) in [5.41, 5.74) is 2.70. The molecule has 4 heterocycles. The van der Waals surface area contributed by atoms with Crippen LogP contribution < -0.4 is 5.32 Å². The Morgan fingerprint density at radius 1 is 1.46 bits per heavy atom. The van der Waals surface area contributed by atoms with E-state index in [0.717, 1.165) is 25.0 Å². The summed E-state index contributed by atoms with van der Waals surface area (Å²) in [6, 6.07) is 0.0156. The van der Waals surface area contributed by atoms with Gasteiger partial charge in [-0.2, -0.15) is 5.10 Å². The normalized spacial score (nSPS) is 27.0. The van der Waals surface area contributed by atoms with Crippen molar-refractivity contribution in [3.8, 4) is 0 Å². The predicted octanol–water partition coefficient (Wildman–Crippen LogP) is 2.00. The Hall–Kier alpha value is -2.22. The van der Waals surface area contributed by atoms with Gasteiger partial charge in [0.05, 0.1) is 28.4 Å². The Morgan fingerprint density at radius 2 is 2.35 bits per heavy atom. The van der Waals surface area contributed by atoms with Crippen molar-refractivity contribution in [1.29, 1.82) is 0 Å². The second-order valence-electron chi connectivity index (χ2n) is 7.22. The van der Waals surface area contributed by atoms with Gasteiger partial charge in [-0.1, -0.05) is 6.92 Å². The van der Waals surface area contributed by atoms with Crippen molar-refractivity contribution >= 4 is 23.2 Å². The number of amides is 2. The van der Waals surface area contributed by atoms with E-state index in [9.17, 15) is 9.59 Å². The fraction of sp³-hybridized carbons (Fsp3) is 0.556. The molecule has 0 aromatic carbocycles. The maximum atomic E-state index is 13.2. The van der Waals surface area contributed by atoms with Crippen molar-refractivity contribution < 1.29 is 9.59 Å². The van der Waals surface area contributed by atoms with E-state index < -0.39 is 5.41 Å². The average Bonchev–Trinajstić information content (AvgIpc) is 3.43. The second-order valence-corrected chi connectivity index (χ2v) is 7.94. The Balaban J connectivity index is 1.66. The molecule has 2 saturated heterocycles. The van der Waals surface area contributed by atoms with Gasteiger partial charge in [-0.15, -0.1) is 11.3 Å². The summed E-state index contributed by atoms with van der Waals surface area (Å²) in [6.45, 7) is 2.70. The largest absolute Gasteiger partial charge is 0.356 e. The Bertz CT molecular complexity index is 776. The first-order valence-corrected chi connectivity index (χ1v) is 10.1. The molecular formula is C18H23N5O2S. The molecule has 2 bridgehead atoms. The Labute approximate surface area is 156 Å². The lowest BCUT2D eigenvalue weighted by Crippen LogP contribution is -2.51. The number of carbonyl (C=O) groups is 2. The zero-order chi connectivity index (χ0) is 18.1. The lowest BCUT2D eigenvalue weighted by atomic mass is 9.70. The van der Waals surface area contributed by atoms with Gasteiger partial charge in [-0.3, -0.25) is 14.7 Å². The number of nitrogens with zero attached hydrogens (tertiary/aromatic N) is 3. The van der Waals surface area contributed by atoms with E-state index in [1.165, 1.54) is 0 Å². The zero-order valence-electron chi connectivity index (χ0n) is 14.8. The van der Waals surface area contributed by atoms with Crippen molar-refractivity contribution in [2.75, 3.05) is 6.54 Å². The van der Waals surface area contributed by atoms with E-state index in [0.29, 0.717) is 24.9 Å². The van der Waals surface area contributed by atoms with Crippen LogP contribution >= 0.6 is 11.3 Å². The summed E-state index contributed by atoms with van der Waals surface area (Å²) in [4.78, 5) is 32.6. The van der Waals surface area contributed by atoms with E-state index in [1.807, 2.05) is 17.2 Å². The van der Waals surface area contributed by atoms with Gasteiger partial charge in [0.25, 0.3) is 5.91 Å². The molecule has 2 N–H and O–H groups in total.